The molecule has 84 valence electrons. The largest absolute Gasteiger partial charge is 0.383 e. The summed E-state index contributed by atoms with van der Waals surface area (Å²) in [6.45, 7) is 0. The number of anilines is 1. The first kappa shape index (κ1) is 10.2. The highest BCUT2D eigenvalue weighted by atomic mass is 32.1. The number of hydrogen-bond acceptors (Lipinski definition) is 4. The summed E-state index contributed by atoms with van der Waals surface area (Å²) in [5, 5.41) is 6.22. The fourth-order valence-electron chi connectivity index (χ4n) is 1.86. The number of thiophene rings is 1. The highest BCUT2D eigenvalue weighted by Gasteiger charge is 2.04. The molecule has 0 unspecified atom stereocenters. The second-order valence-electron chi connectivity index (χ2n) is 3.90. The zero-order chi connectivity index (χ0) is 11.7. The lowest BCUT2D eigenvalue weighted by Gasteiger charge is -2.04. The molecule has 0 radical (unpaired) electrons. The topological polar surface area (TPSA) is 51.8 Å². The predicted molar refractivity (Wildman–Crippen MR) is 71.1 cm³/mol. The summed E-state index contributed by atoms with van der Waals surface area (Å²) in [5.74, 6) is 0.556. The molecule has 0 spiro atoms. The van der Waals surface area contributed by atoms with Gasteiger partial charge in [-0.25, -0.2) is 4.98 Å². The van der Waals surface area contributed by atoms with E-state index < -0.39 is 0 Å². The lowest BCUT2D eigenvalue weighted by molar-refractivity contribution is 1.10. The number of pyridine rings is 2. The number of aromatic nitrogens is 2. The first-order chi connectivity index (χ1) is 8.33. The van der Waals surface area contributed by atoms with Gasteiger partial charge in [0.1, 0.15) is 5.82 Å². The van der Waals surface area contributed by atoms with Gasteiger partial charge in [0.25, 0.3) is 0 Å². The van der Waals surface area contributed by atoms with E-state index in [1.807, 2.05) is 6.07 Å². The van der Waals surface area contributed by atoms with Gasteiger partial charge in [0.2, 0.25) is 0 Å². The maximum absolute atomic E-state index is 5.94. The third-order valence-corrected chi connectivity index (χ3v) is 3.41. The maximum Gasteiger partial charge on any atom is 0.133 e. The summed E-state index contributed by atoms with van der Waals surface area (Å²) in [6.07, 6.45) is 4.36. The van der Waals surface area contributed by atoms with Gasteiger partial charge < -0.3 is 5.73 Å². The van der Waals surface area contributed by atoms with Crippen molar-refractivity contribution < 1.29 is 0 Å². The van der Waals surface area contributed by atoms with Crippen molar-refractivity contribution in [3.05, 3.63) is 52.6 Å². The molecule has 0 saturated carbocycles. The smallest absolute Gasteiger partial charge is 0.133 e. The zero-order valence-electron chi connectivity index (χ0n) is 9.13. The minimum Gasteiger partial charge on any atom is -0.383 e. The van der Waals surface area contributed by atoms with E-state index in [4.69, 9.17) is 5.73 Å². The van der Waals surface area contributed by atoms with Crippen LogP contribution in [0.3, 0.4) is 0 Å². The van der Waals surface area contributed by atoms with Gasteiger partial charge in [0.15, 0.2) is 0 Å². The Bertz CT molecular complexity index is 647. The van der Waals surface area contributed by atoms with Gasteiger partial charge in [-0.1, -0.05) is 0 Å². The molecule has 0 fully saturated rings. The minimum atomic E-state index is 0.556. The normalized spacial score (nSPS) is 10.8. The van der Waals surface area contributed by atoms with Crippen molar-refractivity contribution in [2.24, 2.45) is 0 Å². The van der Waals surface area contributed by atoms with Crippen molar-refractivity contribution in [1.82, 2.24) is 9.97 Å². The van der Waals surface area contributed by atoms with Gasteiger partial charge in [0.05, 0.1) is 0 Å². The standard InChI is InChI=1S/C13H11N3S/c14-13-12-7-15-3-1-10(12)6-11(16-13)5-9-2-4-17-8-9/h1-4,6-8H,5H2,(H2,14,16). The van der Waals surface area contributed by atoms with E-state index in [9.17, 15) is 0 Å². The van der Waals surface area contributed by atoms with Crippen LogP contribution in [0, 0.1) is 0 Å². The van der Waals surface area contributed by atoms with E-state index in [1.54, 1.807) is 23.7 Å². The molecular weight excluding hydrogens is 230 g/mol. The van der Waals surface area contributed by atoms with Crippen LogP contribution >= 0.6 is 11.3 Å². The van der Waals surface area contributed by atoms with Crippen LogP contribution in [0.4, 0.5) is 5.82 Å². The number of rotatable bonds is 2. The number of nitrogens with two attached hydrogens (primary N) is 1. The van der Waals surface area contributed by atoms with Gasteiger partial charge in [-0.3, -0.25) is 4.98 Å². The number of hydrogen-bond donors (Lipinski definition) is 1. The van der Waals surface area contributed by atoms with E-state index in [1.165, 1.54) is 5.56 Å². The van der Waals surface area contributed by atoms with Crippen LogP contribution < -0.4 is 5.73 Å². The Morgan fingerprint density at radius 1 is 1.29 bits per heavy atom. The fourth-order valence-corrected chi connectivity index (χ4v) is 2.53. The Morgan fingerprint density at radius 3 is 3.06 bits per heavy atom. The van der Waals surface area contributed by atoms with Gasteiger partial charge in [-0.15, -0.1) is 0 Å². The van der Waals surface area contributed by atoms with E-state index in [2.05, 4.69) is 32.9 Å². The average molecular weight is 241 g/mol. The molecule has 3 nitrogen and oxygen atoms in total. The average Bonchev–Trinajstić information content (AvgIpc) is 2.82. The molecule has 3 heterocycles. The molecule has 0 saturated heterocycles. The summed E-state index contributed by atoms with van der Waals surface area (Å²) in [5.41, 5.74) is 8.21. The number of nitrogens with zero attached hydrogens (tertiary/aromatic N) is 2. The monoisotopic (exact) mass is 241 g/mol. The lowest BCUT2D eigenvalue weighted by Crippen LogP contribution is -1.98. The third kappa shape index (κ3) is 1.99. The molecule has 0 aliphatic heterocycles. The van der Waals surface area contributed by atoms with Crippen LogP contribution in [0.15, 0.2) is 41.4 Å². The van der Waals surface area contributed by atoms with E-state index in [0.29, 0.717) is 5.82 Å². The summed E-state index contributed by atoms with van der Waals surface area (Å²) in [4.78, 5) is 8.48. The van der Waals surface area contributed by atoms with Gasteiger partial charge in [0, 0.05) is 29.9 Å². The summed E-state index contributed by atoms with van der Waals surface area (Å²) in [6, 6.07) is 6.15. The highest BCUT2D eigenvalue weighted by molar-refractivity contribution is 7.07. The molecule has 0 bridgehead atoms. The van der Waals surface area contributed by atoms with Crippen LogP contribution in [-0.4, -0.2) is 9.97 Å². The summed E-state index contributed by atoms with van der Waals surface area (Å²) in [7, 11) is 0. The summed E-state index contributed by atoms with van der Waals surface area (Å²) < 4.78 is 0. The third-order valence-electron chi connectivity index (χ3n) is 2.68. The van der Waals surface area contributed by atoms with Crippen LogP contribution in [0.1, 0.15) is 11.3 Å². The van der Waals surface area contributed by atoms with Gasteiger partial charge in [-0.2, -0.15) is 11.3 Å². The molecule has 0 amide bonds. The number of fused-ring (bicyclic) bond motifs is 1. The Labute approximate surface area is 103 Å². The molecule has 4 heteroatoms. The lowest BCUT2D eigenvalue weighted by atomic mass is 10.1. The second kappa shape index (κ2) is 4.14. The predicted octanol–water partition coefficient (Wildman–Crippen LogP) is 2.86. The Balaban J connectivity index is 2.06. The molecule has 0 aliphatic carbocycles. The minimum absolute atomic E-state index is 0.556. The molecule has 3 aromatic rings. The van der Waals surface area contributed by atoms with Crippen molar-refractivity contribution >= 4 is 27.9 Å². The SMILES string of the molecule is Nc1nc(Cc2ccsc2)cc2ccncc12. The molecule has 0 aromatic carbocycles. The first-order valence-corrected chi connectivity index (χ1v) is 6.27. The Kier molecular flexibility index (Phi) is 2.49. The van der Waals surface area contributed by atoms with Crippen LogP contribution in [0.2, 0.25) is 0 Å². The molecule has 0 aliphatic rings. The molecular formula is C13H11N3S. The molecule has 17 heavy (non-hydrogen) atoms. The van der Waals surface area contributed by atoms with Crippen molar-refractivity contribution in [2.45, 2.75) is 6.42 Å². The first-order valence-electron chi connectivity index (χ1n) is 5.33. The Morgan fingerprint density at radius 2 is 2.24 bits per heavy atom. The van der Waals surface area contributed by atoms with Crippen molar-refractivity contribution in [3.63, 3.8) is 0 Å². The quantitative estimate of drug-likeness (QED) is 0.750. The Hall–Kier alpha value is -1.94. The van der Waals surface area contributed by atoms with Crippen molar-refractivity contribution in [2.75, 3.05) is 5.73 Å². The molecule has 3 aromatic heterocycles. The van der Waals surface area contributed by atoms with Gasteiger partial charge >= 0.3 is 0 Å². The summed E-state index contributed by atoms with van der Waals surface area (Å²) >= 11 is 1.70. The maximum atomic E-state index is 5.94. The zero-order valence-corrected chi connectivity index (χ0v) is 9.95. The number of nitrogen functional groups attached to an aromatic ring is 1. The van der Waals surface area contributed by atoms with E-state index >= 15 is 0 Å². The molecule has 0 atom stereocenters. The highest BCUT2D eigenvalue weighted by Crippen LogP contribution is 2.21. The second-order valence-corrected chi connectivity index (χ2v) is 4.68. The van der Waals surface area contributed by atoms with Crippen LogP contribution in [0.25, 0.3) is 10.8 Å². The van der Waals surface area contributed by atoms with E-state index in [0.717, 1.165) is 22.9 Å². The molecule has 3 rings (SSSR count). The van der Waals surface area contributed by atoms with Crippen LogP contribution in [0.5, 0.6) is 0 Å². The van der Waals surface area contributed by atoms with Crippen molar-refractivity contribution in [3.8, 4) is 0 Å². The van der Waals surface area contributed by atoms with Crippen molar-refractivity contribution in [1.29, 1.82) is 0 Å². The molecule has 2 N–H and O–H groups in total. The van der Waals surface area contributed by atoms with E-state index in [-0.39, 0.29) is 0 Å². The van der Waals surface area contributed by atoms with Crippen LogP contribution in [-0.2, 0) is 6.42 Å². The van der Waals surface area contributed by atoms with Gasteiger partial charge in [-0.05, 0) is 39.9 Å². The fraction of sp³-hybridized carbons (Fsp3) is 0.0769.